The number of aromatic nitrogens is 4. The van der Waals surface area contributed by atoms with E-state index in [9.17, 15) is 10.1 Å². The number of anilines is 1. The number of fused-ring (bicyclic) bond motifs is 1. The zero-order valence-corrected chi connectivity index (χ0v) is 36.5. The molecular formula is C47H51FN7O6P. The monoisotopic (exact) mass is 859 g/mol. The number of imidazole rings is 1. The van der Waals surface area contributed by atoms with E-state index in [0.717, 1.165) is 16.7 Å². The second kappa shape index (κ2) is 19.0. The number of halogens is 1. The first-order chi connectivity index (χ1) is 30.0. The van der Waals surface area contributed by atoms with Crippen LogP contribution in [0.3, 0.4) is 0 Å². The summed E-state index contributed by atoms with van der Waals surface area (Å²) in [5.41, 5.74) is 1.12. The maximum atomic E-state index is 18.0. The quantitative estimate of drug-likeness (QED) is 0.0691. The Kier molecular flexibility index (Phi) is 13.5. The number of amides is 1. The van der Waals surface area contributed by atoms with E-state index in [-0.39, 0.29) is 47.9 Å². The molecule has 1 amide bonds. The Morgan fingerprint density at radius 1 is 0.871 bits per heavy atom. The van der Waals surface area contributed by atoms with Gasteiger partial charge in [0.2, 0.25) is 0 Å². The standard InChI is InChI=1S/C47H51FN7O6P/c1-31(2)62(57,32(3)4)55(27-13-26-49)42-39(61-46(40(42)48)54-30-52-41-43(50-29-51-44(41)54)53-45(56)33-14-9-7-10-15-33)28-60-47(34-16-11-8-12-17-34,35-18-22-37(58-5)23-19-35)36-20-24-38(59-6)25-21-36/h7-12,14-25,29-32,39-40,42,46H,13,27-28H2,1-6H3,(H,50,51,53,56)/t39-,40-,42+,46+/m0/s1. The highest BCUT2D eigenvalue weighted by Gasteiger charge is 2.55. The molecule has 322 valence electrons. The third kappa shape index (κ3) is 8.33. The SMILES string of the molecule is COc1ccc(C(OC[C@@H]2O[C@@H](n3cnc4c(NC(=O)c5ccccc5)ncnc43)[C@@H](F)[C@@H]2N(CCC#N)P(=O)(C(C)C)C(C)C)(c2ccccc2)c2ccc(OC)cc2)cc1. The molecule has 0 spiro atoms. The first-order valence-electron chi connectivity index (χ1n) is 20.5. The van der Waals surface area contributed by atoms with E-state index in [2.05, 4.69) is 26.3 Å². The fourth-order valence-corrected chi connectivity index (χ4v) is 12.0. The number of methoxy groups -OCH3 is 2. The van der Waals surface area contributed by atoms with Crippen molar-refractivity contribution >= 4 is 30.2 Å². The number of hydrogen-bond acceptors (Lipinski definition) is 10. The van der Waals surface area contributed by atoms with Crippen LogP contribution in [-0.2, 0) is 19.6 Å². The lowest BCUT2D eigenvalue weighted by atomic mass is 9.80. The van der Waals surface area contributed by atoms with Crippen LogP contribution in [-0.4, -0.2) is 87.1 Å². The molecule has 7 rings (SSSR count). The van der Waals surface area contributed by atoms with Crippen molar-refractivity contribution < 1.29 is 32.7 Å². The van der Waals surface area contributed by atoms with Crippen molar-refractivity contribution in [2.45, 2.75) is 75.6 Å². The minimum absolute atomic E-state index is 0.00223. The summed E-state index contributed by atoms with van der Waals surface area (Å²) < 4.78 is 61.7. The third-order valence-electron chi connectivity index (χ3n) is 11.5. The van der Waals surface area contributed by atoms with Crippen molar-refractivity contribution in [1.82, 2.24) is 24.2 Å². The average Bonchev–Trinajstić information content (AvgIpc) is 3.88. The molecule has 6 aromatic rings. The molecule has 4 atom stereocenters. The number of carbonyl (C=O) groups excluding carboxylic acids is 1. The van der Waals surface area contributed by atoms with Gasteiger partial charge in [0, 0.05) is 29.8 Å². The van der Waals surface area contributed by atoms with Gasteiger partial charge in [0.25, 0.3) is 5.91 Å². The van der Waals surface area contributed by atoms with E-state index in [1.54, 1.807) is 43.2 Å². The van der Waals surface area contributed by atoms with Gasteiger partial charge >= 0.3 is 0 Å². The summed E-state index contributed by atoms with van der Waals surface area (Å²) in [7, 11) is -0.207. The molecule has 2 aromatic heterocycles. The predicted molar refractivity (Wildman–Crippen MR) is 235 cm³/mol. The largest absolute Gasteiger partial charge is 0.497 e. The summed E-state index contributed by atoms with van der Waals surface area (Å²) in [5.74, 6) is 1.04. The zero-order chi connectivity index (χ0) is 44.0. The summed E-state index contributed by atoms with van der Waals surface area (Å²) >= 11 is 0. The smallest absolute Gasteiger partial charge is 0.256 e. The highest BCUT2D eigenvalue weighted by Crippen LogP contribution is 2.61. The number of hydrogen-bond donors (Lipinski definition) is 1. The predicted octanol–water partition coefficient (Wildman–Crippen LogP) is 9.02. The normalized spacial score (nSPS) is 18.0. The summed E-state index contributed by atoms with van der Waals surface area (Å²) in [4.78, 5) is 26.5. The van der Waals surface area contributed by atoms with E-state index >= 15 is 8.96 Å². The van der Waals surface area contributed by atoms with Crippen LogP contribution in [0.1, 0.15) is 67.4 Å². The zero-order valence-electron chi connectivity index (χ0n) is 35.6. The summed E-state index contributed by atoms with van der Waals surface area (Å²) in [6.07, 6.45) is -1.53. The third-order valence-corrected chi connectivity index (χ3v) is 15.7. The second-order valence-electron chi connectivity index (χ2n) is 15.6. The molecule has 1 saturated heterocycles. The maximum Gasteiger partial charge on any atom is 0.256 e. The van der Waals surface area contributed by atoms with Crippen LogP contribution < -0.4 is 14.8 Å². The molecule has 1 fully saturated rings. The van der Waals surface area contributed by atoms with E-state index in [1.807, 2.05) is 113 Å². The number of nitrogens with one attached hydrogen (secondary N) is 1. The lowest BCUT2D eigenvalue weighted by Crippen LogP contribution is -2.49. The van der Waals surface area contributed by atoms with Gasteiger partial charge in [0.05, 0.1) is 39.3 Å². The van der Waals surface area contributed by atoms with Crippen molar-refractivity contribution in [2.24, 2.45) is 0 Å². The molecule has 13 nitrogen and oxygen atoms in total. The van der Waals surface area contributed by atoms with Gasteiger partial charge in [0.1, 0.15) is 29.5 Å². The van der Waals surface area contributed by atoms with Gasteiger partial charge in [-0.3, -0.25) is 9.36 Å². The van der Waals surface area contributed by atoms with Gasteiger partial charge in [-0.25, -0.2) is 24.0 Å². The van der Waals surface area contributed by atoms with E-state index in [4.69, 9.17) is 18.9 Å². The first-order valence-corrected chi connectivity index (χ1v) is 22.3. The molecule has 3 heterocycles. The molecule has 4 aromatic carbocycles. The number of nitriles is 1. The Morgan fingerprint density at radius 2 is 1.44 bits per heavy atom. The van der Waals surface area contributed by atoms with Crippen molar-refractivity contribution in [3.63, 3.8) is 0 Å². The van der Waals surface area contributed by atoms with Crippen LogP contribution in [0.5, 0.6) is 11.5 Å². The molecule has 0 unspecified atom stereocenters. The minimum Gasteiger partial charge on any atom is -0.497 e. The first kappa shape index (κ1) is 44.1. The molecule has 0 radical (unpaired) electrons. The molecule has 1 aliphatic rings. The Labute approximate surface area is 361 Å². The molecule has 1 N–H and O–H groups in total. The molecule has 0 aliphatic carbocycles. The van der Waals surface area contributed by atoms with Gasteiger partial charge in [-0.05, 0) is 53.1 Å². The molecular weight excluding hydrogens is 809 g/mol. The van der Waals surface area contributed by atoms with Gasteiger partial charge in [0.15, 0.2) is 36.7 Å². The summed E-state index contributed by atoms with van der Waals surface area (Å²) in [6.45, 7) is 7.31. The molecule has 1 aliphatic heterocycles. The number of nitrogens with zero attached hydrogens (tertiary/aromatic N) is 6. The van der Waals surface area contributed by atoms with Gasteiger partial charge in [-0.1, -0.05) is 100 Å². The van der Waals surface area contributed by atoms with Crippen LogP contribution in [0, 0.1) is 11.3 Å². The van der Waals surface area contributed by atoms with Crippen LogP contribution in [0.25, 0.3) is 11.2 Å². The average molecular weight is 860 g/mol. The Hall–Kier alpha value is -5.97. The number of rotatable bonds is 17. The number of carbonyl (C=O) groups is 1. The highest BCUT2D eigenvalue weighted by molar-refractivity contribution is 7.62. The second-order valence-corrected chi connectivity index (χ2v) is 19.5. The van der Waals surface area contributed by atoms with Gasteiger partial charge in [-0.15, -0.1) is 0 Å². The molecule has 15 heteroatoms. The fourth-order valence-electron chi connectivity index (χ4n) is 8.47. The van der Waals surface area contributed by atoms with Crippen molar-refractivity contribution in [3.8, 4) is 17.6 Å². The fraction of sp³-hybridized carbons (Fsp3) is 0.340. The van der Waals surface area contributed by atoms with Crippen LogP contribution in [0.4, 0.5) is 10.2 Å². The number of benzene rings is 4. The maximum absolute atomic E-state index is 18.0. The Balaban J connectivity index is 1.36. The highest BCUT2D eigenvalue weighted by atomic mass is 31.2. The van der Waals surface area contributed by atoms with Crippen molar-refractivity contribution in [2.75, 3.05) is 32.7 Å². The number of alkyl halides is 1. The Morgan fingerprint density at radius 3 is 1.98 bits per heavy atom. The van der Waals surface area contributed by atoms with E-state index in [0.29, 0.717) is 17.1 Å². The van der Waals surface area contributed by atoms with E-state index < -0.39 is 43.3 Å². The number of ether oxygens (including phenoxy) is 4. The lowest BCUT2D eigenvalue weighted by molar-refractivity contribution is -0.0858. The molecule has 0 saturated carbocycles. The molecule has 62 heavy (non-hydrogen) atoms. The van der Waals surface area contributed by atoms with Crippen molar-refractivity contribution in [1.29, 1.82) is 5.26 Å². The van der Waals surface area contributed by atoms with E-state index in [1.165, 1.54) is 17.2 Å². The lowest BCUT2D eigenvalue weighted by Gasteiger charge is -2.43. The summed E-state index contributed by atoms with van der Waals surface area (Å²) in [6, 6.07) is 34.6. The topological polar surface area (TPSA) is 154 Å². The van der Waals surface area contributed by atoms with Crippen LogP contribution in [0.2, 0.25) is 0 Å². The van der Waals surface area contributed by atoms with Crippen LogP contribution >= 0.6 is 7.29 Å². The van der Waals surface area contributed by atoms with Crippen molar-refractivity contribution in [3.05, 3.63) is 144 Å². The van der Waals surface area contributed by atoms with Crippen LogP contribution in [0.15, 0.2) is 122 Å². The summed E-state index contributed by atoms with van der Waals surface area (Å²) in [5, 5.41) is 12.7. The Bertz CT molecular complexity index is 2480. The van der Waals surface area contributed by atoms with Gasteiger partial charge in [-0.2, -0.15) is 5.26 Å². The van der Waals surface area contributed by atoms with Gasteiger partial charge < -0.3 is 28.8 Å². The minimum atomic E-state index is -3.41. The molecule has 0 bridgehead atoms.